The Bertz CT molecular complexity index is 2250. The molecule has 16 rings (SSSR count). The van der Waals surface area contributed by atoms with Crippen LogP contribution in [-0.4, -0.2) is 205 Å². The summed E-state index contributed by atoms with van der Waals surface area (Å²) in [5.41, 5.74) is 2.14. The van der Waals surface area contributed by atoms with E-state index in [1.54, 1.807) is 0 Å². The first-order valence-electron chi connectivity index (χ1n) is 30.8. The molecule has 3 N–H and O–H groups in total. The monoisotopic (exact) mass is 1110 g/mol. The van der Waals surface area contributed by atoms with Crippen LogP contribution in [0.25, 0.3) is 0 Å². The summed E-state index contributed by atoms with van der Waals surface area (Å²) in [6.07, 6.45) is 1.60. The largest absolute Gasteiger partial charge is 0.459 e. The van der Waals surface area contributed by atoms with Gasteiger partial charge in [-0.15, -0.1) is 0 Å². The maximum atomic E-state index is 14.5. The van der Waals surface area contributed by atoms with E-state index in [-0.39, 0.29) is 152 Å². The minimum Gasteiger partial charge on any atom is -0.459 e. The van der Waals surface area contributed by atoms with Crippen LogP contribution in [0.5, 0.6) is 0 Å². The number of rotatable bonds is 4. The molecule has 16 fully saturated rings. The average molecular weight is 1110 g/mol. The number of hydrogen-bond acceptors (Lipinski definition) is 19. The Morgan fingerprint density at radius 3 is 2.03 bits per heavy atom. The van der Waals surface area contributed by atoms with Crippen molar-refractivity contribution in [3.8, 4) is 0 Å². The van der Waals surface area contributed by atoms with Gasteiger partial charge in [-0.05, 0) is 80.3 Å². The van der Waals surface area contributed by atoms with Crippen molar-refractivity contribution in [2.75, 3.05) is 19.8 Å². The molecule has 2 spiro atoms. The maximum Gasteiger partial charge on any atom is 0.308 e. The van der Waals surface area contributed by atoms with E-state index >= 15 is 0 Å². The number of carbonyl (C=O) groups excluding carboxylic acids is 1. The molecule has 16 aliphatic heterocycles. The summed E-state index contributed by atoms with van der Waals surface area (Å²) >= 11 is 0. The topological polar surface area (TPSA) is 216 Å². The van der Waals surface area contributed by atoms with Crippen LogP contribution in [0.2, 0.25) is 0 Å². The predicted octanol–water partition coefficient (Wildman–Crippen LogP) is 4.83. The van der Waals surface area contributed by atoms with Crippen LogP contribution >= 0.6 is 0 Å². The Morgan fingerprint density at radius 1 is 0.519 bits per heavy atom. The van der Waals surface area contributed by atoms with Gasteiger partial charge in [0.15, 0.2) is 11.6 Å². The lowest BCUT2D eigenvalue weighted by Gasteiger charge is -2.50. The Kier molecular flexibility index (Phi) is 15.1. The lowest BCUT2D eigenvalue weighted by Crippen LogP contribution is -2.62. The van der Waals surface area contributed by atoms with Crippen LogP contribution in [0.3, 0.4) is 0 Å². The smallest absolute Gasteiger partial charge is 0.308 e. The Labute approximate surface area is 464 Å². The molecule has 0 aromatic rings. The highest BCUT2D eigenvalue weighted by atomic mass is 16.8. The number of ether oxygens (including phenoxy) is 15. The van der Waals surface area contributed by atoms with Crippen LogP contribution in [0, 0.1) is 23.7 Å². The number of hydrogen-bond donors (Lipinski definition) is 3. The zero-order valence-corrected chi connectivity index (χ0v) is 46.7. The predicted molar refractivity (Wildman–Crippen MR) is 276 cm³/mol. The van der Waals surface area contributed by atoms with Crippen LogP contribution in [0.4, 0.5) is 0 Å². The van der Waals surface area contributed by atoms with Crippen molar-refractivity contribution in [2.45, 2.75) is 301 Å². The molecule has 31 atom stereocenters. The van der Waals surface area contributed by atoms with E-state index in [0.29, 0.717) is 77.4 Å². The van der Waals surface area contributed by atoms with Crippen molar-refractivity contribution in [1.29, 1.82) is 0 Å². The highest BCUT2D eigenvalue weighted by Gasteiger charge is 2.66. The Hall–Kier alpha value is -1.73. The van der Waals surface area contributed by atoms with Gasteiger partial charge in [-0.1, -0.05) is 40.9 Å². The van der Waals surface area contributed by atoms with Crippen LogP contribution < -0.4 is 0 Å². The number of aliphatic hydroxyl groups excluding tert-OH is 3. The van der Waals surface area contributed by atoms with Gasteiger partial charge in [0.1, 0.15) is 36.6 Å². The van der Waals surface area contributed by atoms with Gasteiger partial charge in [-0.3, -0.25) is 4.79 Å². The number of esters is 1. The molecule has 0 aromatic heterocycles. The van der Waals surface area contributed by atoms with Crippen LogP contribution in [0.1, 0.15) is 137 Å². The normalized spacial score (nSPS) is 55.1. The van der Waals surface area contributed by atoms with Gasteiger partial charge < -0.3 is 86.4 Å². The van der Waals surface area contributed by atoms with Gasteiger partial charge in [-0.25, -0.2) is 0 Å². The molecule has 16 aliphatic rings. The second-order valence-electron chi connectivity index (χ2n) is 27.0. The molecule has 19 nitrogen and oxygen atoms in total. The third-order valence-electron chi connectivity index (χ3n) is 21.3. The van der Waals surface area contributed by atoms with Crippen LogP contribution in [0.15, 0.2) is 24.3 Å². The third kappa shape index (κ3) is 10.3. The van der Waals surface area contributed by atoms with E-state index < -0.39 is 60.9 Å². The lowest BCUT2D eigenvalue weighted by atomic mass is 9.79. The minimum atomic E-state index is -1.02. The number of aliphatic hydroxyl groups is 3. The van der Waals surface area contributed by atoms with E-state index in [1.165, 1.54) is 0 Å². The fourth-order valence-electron chi connectivity index (χ4n) is 17.5. The fraction of sp³-hybridized carbons (Fsp3) is 0.917. The highest BCUT2D eigenvalue weighted by molar-refractivity contribution is 5.70. The Balaban J connectivity index is 0.679. The van der Waals surface area contributed by atoms with Gasteiger partial charge >= 0.3 is 5.97 Å². The molecule has 19 heteroatoms. The first-order valence-corrected chi connectivity index (χ1v) is 30.8. The van der Waals surface area contributed by atoms with Crippen molar-refractivity contribution < 1.29 is 91.2 Å². The van der Waals surface area contributed by atoms with E-state index in [1.807, 2.05) is 0 Å². The second kappa shape index (κ2) is 21.7. The number of fused-ring (bicyclic) bond motifs is 6. The molecule has 442 valence electrons. The summed E-state index contributed by atoms with van der Waals surface area (Å²) in [6.45, 7) is 18.4. The molecule has 16 saturated heterocycles. The fourth-order valence-corrected chi connectivity index (χ4v) is 17.5. The first-order chi connectivity index (χ1) is 38.1. The van der Waals surface area contributed by atoms with E-state index in [4.69, 9.17) is 71.1 Å². The van der Waals surface area contributed by atoms with E-state index in [9.17, 15) is 20.1 Å². The van der Waals surface area contributed by atoms with E-state index in [0.717, 1.165) is 43.3 Å². The second-order valence-corrected chi connectivity index (χ2v) is 27.0. The third-order valence-corrected chi connectivity index (χ3v) is 21.3. The zero-order valence-electron chi connectivity index (χ0n) is 46.7. The molecular formula is C60H88O19. The van der Waals surface area contributed by atoms with Crippen molar-refractivity contribution in [2.24, 2.45) is 23.7 Å². The van der Waals surface area contributed by atoms with Crippen molar-refractivity contribution in [1.82, 2.24) is 0 Å². The van der Waals surface area contributed by atoms with Crippen molar-refractivity contribution >= 4 is 5.97 Å². The molecule has 0 saturated carbocycles. The van der Waals surface area contributed by atoms with Gasteiger partial charge in [-0.2, -0.15) is 0 Å². The average Bonchev–Trinajstić information content (AvgIpc) is 4.16. The summed E-state index contributed by atoms with van der Waals surface area (Å²) in [5.74, 6) is -1.94. The molecule has 16 heterocycles. The number of carbonyl (C=O) groups is 1. The van der Waals surface area contributed by atoms with Gasteiger partial charge in [0.2, 0.25) is 0 Å². The molecule has 0 amide bonds. The standard InChI is InChI=1S/C60H88O19/c1-27-15-34-7-9-38-28(2)16-36(67-38)11-13-65-54-40-12-14-66-56-55-39(71-57(54)58(56)72-40)10-8-35(69-55)18-49(64)75-53-32(6)52-45(70-44(53)19-41(68-34)31(27)5)21-43-47(74-52)24-60(76-43)25-48-51(79-60)30(4)23-59(78-48)22-29(3)50-46(77-59)20-42(73-50)37(63)17-33(62)26-61/h27,29-30,32-48,50-58,61-63H,2,5,7-26H2,1,3-4,6H3/t27-,29+,30+,32+,33-,34+,35-,36+,37+,38+,39+,40-,41-,42+,43-,44+,45+,46+,47-,48+,50+,51+,52+,53-,54-,55+,56+,57+,58+,59-,60+/m1/s1. The molecular weight excluding hydrogens is 1020 g/mol. The SMILES string of the molecule is C=C1C[C@@H]2CCO[C@H]3[C@@H]4O[C@H]5CC[C@H](CC(=O)O[C@@H]6[C@@H](C)[C@@H]7O[C@@H]8C[C@]9(C[C@@H]%10O[C@]%11(C[C@H](C)[C@@H]%12O[C@H]([C@@H](O)C[C@@H](O)CO)C[C@@H]%12O%11)C[C@H](C)[C@@H]%10O9)O[C@@H]8C[C@@H]7O[C@H]6C[C@H]6O[C@@H](CC[C@@H]1O2)C[C@@H](C)C6=C)O[C@@H]5[C@@H]1OCC[C@H]3O[C@@H]14. The van der Waals surface area contributed by atoms with Crippen molar-refractivity contribution in [3.63, 3.8) is 0 Å². The van der Waals surface area contributed by atoms with Gasteiger partial charge in [0, 0.05) is 70.5 Å². The highest BCUT2D eigenvalue weighted by Crippen LogP contribution is 2.56. The summed E-state index contributed by atoms with van der Waals surface area (Å²) in [4.78, 5) is 14.5. The Morgan fingerprint density at radius 2 is 1.19 bits per heavy atom. The van der Waals surface area contributed by atoms with Crippen LogP contribution in [-0.2, 0) is 75.8 Å². The molecule has 0 aliphatic carbocycles. The minimum absolute atomic E-state index is 0.0174. The van der Waals surface area contributed by atoms with Gasteiger partial charge in [0.05, 0.1) is 129 Å². The van der Waals surface area contributed by atoms with Crippen molar-refractivity contribution in [3.05, 3.63) is 24.3 Å². The zero-order chi connectivity index (χ0) is 54.2. The quantitative estimate of drug-likeness (QED) is 0.254. The first kappa shape index (κ1) is 55.2. The summed E-state index contributed by atoms with van der Waals surface area (Å²) in [7, 11) is 0. The lowest BCUT2D eigenvalue weighted by molar-refractivity contribution is -0.347. The molecule has 11 bridgehead atoms. The van der Waals surface area contributed by atoms with E-state index in [2.05, 4.69) is 40.9 Å². The molecule has 0 aromatic carbocycles. The van der Waals surface area contributed by atoms with Gasteiger partial charge in [0.25, 0.3) is 0 Å². The summed E-state index contributed by atoms with van der Waals surface area (Å²) < 4.78 is 103. The molecule has 0 unspecified atom stereocenters. The maximum absolute atomic E-state index is 14.5. The molecule has 0 radical (unpaired) electrons. The molecule has 79 heavy (non-hydrogen) atoms. The summed E-state index contributed by atoms with van der Waals surface area (Å²) in [5, 5.41) is 30.3. The summed E-state index contributed by atoms with van der Waals surface area (Å²) in [6, 6.07) is 0.